The maximum Gasteiger partial charge on any atom is 0.335 e. The number of nitrogens with one attached hydrogen (secondary N) is 1. The Morgan fingerprint density at radius 2 is 2.15 bits per heavy atom. The molecule has 112 valence electrons. The Balaban J connectivity index is 2.95. The molecule has 1 aromatic carbocycles. The van der Waals surface area contributed by atoms with Crippen molar-refractivity contribution in [1.82, 2.24) is 4.72 Å². The third-order valence-electron chi connectivity index (χ3n) is 2.58. The van der Waals surface area contributed by atoms with Crippen molar-refractivity contribution in [1.29, 1.82) is 0 Å². The molecule has 1 rings (SSSR count). The van der Waals surface area contributed by atoms with Gasteiger partial charge in [0.15, 0.2) is 0 Å². The van der Waals surface area contributed by atoms with Crippen molar-refractivity contribution in [2.45, 2.75) is 24.3 Å². The molecule has 2 N–H and O–H groups in total. The average Bonchev–Trinajstić information content (AvgIpc) is 2.35. The van der Waals surface area contributed by atoms with Gasteiger partial charge in [-0.3, -0.25) is 0 Å². The highest BCUT2D eigenvalue weighted by Crippen LogP contribution is 2.23. The van der Waals surface area contributed by atoms with Gasteiger partial charge in [0.05, 0.1) is 10.5 Å². The second-order valence-corrected chi connectivity index (χ2v) is 7.78. The number of sulfonamides is 1. The van der Waals surface area contributed by atoms with Crippen LogP contribution in [-0.4, -0.2) is 37.5 Å². The maximum absolute atomic E-state index is 12.2. The fourth-order valence-electron chi connectivity index (χ4n) is 1.53. The van der Waals surface area contributed by atoms with Gasteiger partial charge in [0.1, 0.15) is 0 Å². The minimum atomic E-state index is -3.66. The maximum atomic E-state index is 12.2. The van der Waals surface area contributed by atoms with Crippen LogP contribution in [-0.2, 0) is 10.0 Å². The molecule has 0 fully saturated rings. The number of carboxylic acids is 1. The molecule has 0 saturated heterocycles. The summed E-state index contributed by atoms with van der Waals surface area (Å²) >= 11 is 4.76. The van der Waals surface area contributed by atoms with Crippen LogP contribution in [0.4, 0.5) is 0 Å². The van der Waals surface area contributed by atoms with E-state index in [1.165, 1.54) is 18.2 Å². The molecule has 0 heterocycles. The molecule has 0 aliphatic rings. The summed E-state index contributed by atoms with van der Waals surface area (Å²) in [6.45, 7) is 1.80. The van der Waals surface area contributed by atoms with Crippen LogP contribution in [0.5, 0.6) is 0 Å². The van der Waals surface area contributed by atoms with Crippen molar-refractivity contribution in [3.8, 4) is 0 Å². The SMILES string of the molecule is CSCCC(C)NS(=O)(=O)c1ccc(C(=O)O)cc1Br. The third kappa shape index (κ3) is 4.76. The van der Waals surface area contributed by atoms with Gasteiger partial charge in [0.25, 0.3) is 0 Å². The normalized spacial score (nSPS) is 13.2. The van der Waals surface area contributed by atoms with E-state index in [4.69, 9.17) is 5.11 Å². The van der Waals surface area contributed by atoms with E-state index in [2.05, 4.69) is 20.7 Å². The van der Waals surface area contributed by atoms with Gasteiger partial charge in [-0.05, 0) is 59.5 Å². The van der Waals surface area contributed by atoms with E-state index in [1.54, 1.807) is 18.7 Å². The summed E-state index contributed by atoms with van der Waals surface area (Å²) in [5, 5.41) is 8.86. The lowest BCUT2D eigenvalue weighted by Crippen LogP contribution is -2.33. The standard InChI is InChI=1S/C12H16BrNO4S2/c1-8(5-6-19-2)14-20(17,18)11-4-3-9(12(15)16)7-10(11)13/h3-4,7-8,14H,5-6H2,1-2H3,(H,15,16). The van der Waals surface area contributed by atoms with E-state index in [-0.39, 0.29) is 21.0 Å². The molecule has 1 aromatic rings. The Morgan fingerprint density at radius 1 is 1.50 bits per heavy atom. The highest BCUT2D eigenvalue weighted by atomic mass is 79.9. The number of aromatic carboxylic acids is 1. The average molecular weight is 382 g/mol. The van der Waals surface area contributed by atoms with Gasteiger partial charge in [-0.1, -0.05) is 0 Å². The number of hydrogen-bond acceptors (Lipinski definition) is 4. The Morgan fingerprint density at radius 3 is 2.65 bits per heavy atom. The molecule has 0 aromatic heterocycles. The Kier molecular flexibility index (Phi) is 6.50. The first-order valence-corrected chi connectivity index (χ1v) is 9.49. The lowest BCUT2D eigenvalue weighted by molar-refractivity contribution is 0.0696. The molecule has 0 saturated carbocycles. The van der Waals surface area contributed by atoms with E-state index in [0.717, 1.165) is 12.2 Å². The second-order valence-electron chi connectivity index (χ2n) is 4.25. The van der Waals surface area contributed by atoms with Crippen molar-refractivity contribution < 1.29 is 18.3 Å². The minimum Gasteiger partial charge on any atom is -0.478 e. The largest absolute Gasteiger partial charge is 0.478 e. The van der Waals surface area contributed by atoms with Crippen LogP contribution in [0, 0.1) is 0 Å². The first-order valence-electron chi connectivity index (χ1n) is 5.82. The van der Waals surface area contributed by atoms with Crippen molar-refractivity contribution in [2.75, 3.05) is 12.0 Å². The number of hydrogen-bond donors (Lipinski definition) is 2. The first kappa shape index (κ1) is 17.5. The molecule has 8 heteroatoms. The summed E-state index contributed by atoms with van der Waals surface area (Å²) in [6.07, 6.45) is 2.69. The number of halogens is 1. The number of benzene rings is 1. The van der Waals surface area contributed by atoms with Crippen molar-refractivity contribution >= 4 is 43.7 Å². The number of thioether (sulfide) groups is 1. The van der Waals surface area contributed by atoms with Crippen LogP contribution in [0.2, 0.25) is 0 Å². The van der Waals surface area contributed by atoms with Crippen LogP contribution < -0.4 is 4.72 Å². The number of carboxylic acid groups (broad SMARTS) is 1. The minimum absolute atomic E-state index is 0.0336. The second kappa shape index (κ2) is 7.44. The molecular weight excluding hydrogens is 366 g/mol. The van der Waals surface area contributed by atoms with Gasteiger partial charge in [0.2, 0.25) is 10.0 Å². The van der Waals surface area contributed by atoms with Crippen LogP contribution in [0.15, 0.2) is 27.6 Å². The molecular formula is C12H16BrNO4S2. The molecule has 0 aliphatic heterocycles. The summed E-state index contributed by atoms with van der Waals surface area (Å²) in [5.74, 6) is -0.237. The van der Waals surface area contributed by atoms with Gasteiger partial charge in [-0.15, -0.1) is 0 Å². The monoisotopic (exact) mass is 381 g/mol. The van der Waals surface area contributed by atoms with Gasteiger partial charge in [-0.2, -0.15) is 11.8 Å². The van der Waals surface area contributed by atoms with E-state index in [1.807, 2.05) is 6.26 Å². The quantitative estimate of drug-likeness (QED) is 0.757. The van der Waals surface area contributed by atoms with E-state index in [9.17, 15) is 13.2 Å². The molecule has 20 heavy (non-hydrogen) atoms. The summed E-state index contributed by atoms with van der Waals surface area (Å²) in [7, 11) is -3.66. The van der Waals surface area contributed by atoms with Crippen LogP contribution >= 0.6 is 27.7 Å². The van der Waals surface area contributed by atoms with E-state index < -0.39 is 16.0 Å². The molecule has 1 unspecified atom stereocenters. The van der Waals surface area contributed by atoms with Gasteiger partial charge in [-0.25, -0.2) is 17.9 Å². The molecule has 5 nitrogen and oxygen atoms in total. The fraction of sp³-hybridized carbons (Fsp3) is 0.417. The Bertz CT molecular complexity index is 589. The lowest BCUT2D eigenvalue weighted by Gasteiger charge is -2.14. The highest BCUT2D eigenvalue weighted by Gasteiger charge is 2.21. The summed E-state index contributed by atoms with van der Waals surface area (Å²) in [6, 6.07) is 3.66. The van der Waals surface area contributed by atoms with Gasteiger partial charge in [0, 0.05) is 10.5 Å². The Labute approximate surface area is 131 Å². The predicted octanol–water partition coefficient (Wildman–Crippen LogP) is 2.57. The fourth-order valence-corrected chi connectivity index (χ4v) is 4.48. The molecule has 0 aliphatic carbocycles. The first-order chi connectivity index (χ1) is 9.27. The van der Waals surface area contributed by atoms with Crippen molar-refractivity contribution in [3.63, 3.8) is 0 Å². The van der Waals surface area contributed by atoms with E-state index in [0.29, 0.717) is 0 Å². The molecule has 1 atom stereocenters. The zero-order chi connectivity index (χ0) is 15.3. The zero-order valence-electron chi connectivity index (χ0n) is 11.1. The smallest absolute Gasteiger partial charge is 0.335 e. The van der Waals surface area contributed by atoms with Gasteiger partial charge < -0.3 is 5.11 Å². The lowest BCUT2D eigenvalue weighted by atomic mass is 10.2. The summed E-state index contributed by atoms with van der Waals surface area (Å²) in [4.78, 5) is 10.9. The van der Waals surface area contributed by atoms with Crippen molar-refractivity contribution in [3.05, 3.63) is 28.2 Å². The van der Waals surface area contributed by atoms with Crippen LogP contribution in [0.25, 0.3) is 0 Å². The summed E-state index contributed by atoms with van der Waals surface area (Å²) in [5.41, 5.74) is 0.0336. The van der Waals surface area contributed by atoms with Gasteiger partial charge >= 0.3 is 5.97 Å². The third-order valence-corrected chi connectivity index (χ3v) is 5.79. The Hall–Kier alpha value is -0.570. The molecule has 0 bridgehead atoms. The zero-order valence-corrected chi connectivity index (χ0v) is 14.3. The molecule has 0 radical (unpaired) electrons. The van der Waals surface area contributed by atoms with E-state index >= 15 is 0 Å². The highest BCUT2D eigenvalue weighted by molar-refractivity contribution is 9.10. The number of carbonyl (C=O) groups is 1. The summed E-state index contributed by atoms with van der Waals surface area (Å²) < 4.78 is 27.2. The molecule has 0 amide bonds. The van der Waals surface area contributed by atoms with Crippen LogP contribution in [0.3, 0.4) is 0 Å². The predicted molar refractivity (Wildman–Crippen MR) is 83.9 cm³/mol. The number of rotatable bonds is 7. The van der Waals surface area contributed by atoms with Crippen molar-refractivity contribution in [2.24, 2.45) is 0 Å². The topological polar surface area (TPSA) is 83.5 Å². The molecule has 0 spiro atoms. The van der Waals surface area contributed by atoms with Crippen LogP contribution in [0.1, 0.15) is 23.7 Å².